The number of carbonyl (C=O) groups excluding carboxylic acids is 1. The molecule has 116 valence electrons. The van der Waals surface area contributed by atoms with Gasteiger partial charge in [0.25, 0.3) is 5.91 Å². The first-order valence-corrected chi connectivity index (χ1v) is 7.90. The van der Waals surface area contributed by atoms with E-state index in [1.54, 1.807) is 0 Å². The van der Waals surface area contributed by atoms with E-state index in [0.717, 1.165) is 47.3 Å². The Morgan fingerprint density at radius 3 is 3.05 bits per heavy atom. The molecule has 3 heterocycles. The van der Waals surface area contributed by atoms with Crippen LogP contribution in [0.1, 0.15) is 27.3 Å². The van der Waals surface area contributed by atoms with E-state index in [1.807, 2.05) is 17.0 Å². The van der Waals surface area contributed by atoms with Gasteiger partial charge in [0.1, 0.15) is 0 Å². The Bertz CT molecular complexity index is 730. The third-order valence-corrected chi connectivity index (χ3v) is 4.68. The minimum absolute atomic E-state index is 0. The van der Waals surface area contributed by atoms with Crippen LogP contribution in [0, 0.1) is 0 Å². The van der Waals surface area contributed by atoms with Crippen molar-refractivity contribution in [1.29, 1.82) is 0 Å². The van der Waals surface area contributed by atoms with Gasteiger partial charge in [-0.15, -0.1) is 12.4 Å². The van der Waals surface area contributed by atoms with Crippen LogP contribution in [0.3, 0.4) is 0 Å². The fourth-order valence-electron chi connectivity index (χ4n) is 3.11. The smallest absolute Gasteiger partial charge is 0.279 e. The van der Waals surface area contributed by atoms with Crippen LogP contribution in [0.25, 0.3) is 0 Å². The molecule has 2 N–H and O–H groups in total. The van der Waals surface area contributed by atoms with Crippen molar-refractivity contribution in [3.63, 3.8) is 0 Å². The second-order valence-corrected chi connectivity index (χ2v) is 6.35. The zero-order valence-electron chi connectivity index (χ0n) is 11.9. The first-order chi connectivity index (χ1) is 10.2. The number of hydrogen-bond donors (Lipinski definition) is 2. The van der Waals surface area contributed by atoms with Gasteiger partial charge in [0.2, 0.25) is 0 Å². The molecule has 0 unspecified atom stereocenters. The van der Waals surface area contributed by atoms with E-state index in [2.05, 4.69) is 37.5 Å². The maximum absolute atomic E-state index is 12.8. The molecule has 0 fully saturated rings. The molecule has 2 aromatic rings. The van der Waals surface area contributed by atoms with E-state index in [0.29, 0.717) is 12.2 Å². The van der Waals surface area contributed by atoms with Crippen molar-refractivity contribution in [2.75, 3.05) is 18.0 Å². The third kappa shape index (κ3) is 2.45. The molecule has 7 heteroatoms. The zero-order chi connectivity index (χ0) is 14.4. The minimum Gasteiger partial charge on any atom is -0.312 e. The topological polar surface area (TPSA) is 61.0 Å². The molecule has 2 aliphatic heterocycles. The number of nitrogens with one attached hydrogen (secondary N) is 2. The van der Waals surface area contributed by atoms with Gasteiger partial charge in [0.15, 0.2) is 5.69 Å². The Labute approximate surface area is 143 Å². The molecule has 5 nitrogen and oxygen atoms in total. The van der Waals surface area contributed by atoms with Crippen LogP contribution in [-0.2, 0) is 19.4 Å². The predicted molar refractivity (Wildman–Crippen MR) is 90.8 cm³/mol. The highest BCUT2D eigenvalue weighted by Gasteiger charge is 2.30. The summed E-state index contributed by atoms with van der Waals surface area (Å²) in [6.45, 7) is 2.37. The predicted octanol–water partition coefficient (Wildman–Crippen LogP) is 2.44. The summed E-state index contributed by atoms with van der Waals surface area (Å²) in [5, 5.41) is 10.6. The standard InChI is InChI=1S/C15H15BrN4O.ClH/c16-10-1-2-13-9(7-10)4-6-20(13)15(21)14-11-8-17-5-3-12(11)18-19-14;/h1-2,7,17H,3-6,8H2,(H,18,19);1H. The molecule has 1 amide bonds. The molecule has 2 aliphatic rings. The van der Waals surface area contributed by atoms with Gasteiger partial charge in [-0.3, -0.25) is 9.89 Å². The quantitative estimate of drug-likeness (QED) is 0.795. The van der Waals surface area contributed by atoms with Gasteiger partial charge in [-0.05, 0) is 30.2 Å². The largest absolute Gasteiger partial charge is 0.312 e. The molecular weight excluding hydrogens is 368 g/mol. The summed E-state index contributed by atoms with van der Waals surface area (Å²) in [5.74, 6) is -0.00253. The van der Waals surface area contributed by atoms with Crippen molar-refractivity contribution >= 4 is 39.9 Å². The van der Waals surface area contributed by atoms with Crippen molar-refractivity contribution in [3.05, 3.63) is 45.2 Å². The summed E-state index contributed by atoms with van der Waals surface area (Å²) in [7, 11) is 0. The zero-order valence-corrected chi connectivity index (χ0v) is 14.3. The molecule has 0 bridgehead atoms. The number of hydrogen-bond acceptors (Lipinski definition) is 3. The third-order valence-electron chi connectivity index (χ3n) is 4.19. The Balaban J connectivity index is 0.00000144. The first kappa shape index (κ1) is 15.5. The number of rotatable bonds is 1. The Morgan fingerprint density at radius 1 is 1.32 bits per heavy atom. The van der Waals surface area contributed by atoms with Gasteiger partial charge in [-0.2, -0.15) is 5.10 Å². The number of benzene rings is 1. The first-order valence-electron chi connectivity index (χ1n) is 7.11. The summed E-state index contributed by atoms with van der Waals surface area (Å²) in [4.78, 5) is 14.7. The van der Waals surface area contributed by atoms with Gasteiger partial charge in [-0.1, -0.05) is 15.9 Å². The summed E-state index contributed by atoms with van der Waals surface area (Å²) >= 11 is 3.48. The fraction of sp³-hybridized carbons (Fsp3) is 0.333. The Hall–Kier alpha value is -1.37. The lowest BCUT2D eigenvalue weighted by Crippen LogP contribution is -2.31. The van der Waals surface area contributed by atoms with E-state index >= 15 is 0 Å². The molecular formula is C15H16BrClN4O. The van der Waals surface area contributed by atoms with Crippen LogP contribution >= 0.6 is 28.3 Å². The van der Waals surface area contributed by atoms with Gasteiger partial charge >= 0.3 is 0 Å². The number of halogens is 2. The molecule has 1 aromatic carbocycles. The van der Waals surface area contributed by atoms with E-state index < -0.39 is 0 Å². The van der Waals surface area contributed by atoms with Gasteiger partial charge in [-0.25, -0.2) is 0 Å². The summed E-state index contributed by atoms with van der Waals surface area (Å²) in [6.07, 6.45) is 1.80. The number of aromatic amines is 1. The summed E-state index contributed by atoms with van der Waals surface area (Å²) in [5.41, 5.74) is 4.89. The van der Waals surface area contributed by atoms with E-state index in [-0.39, 0.29) is 18.3 Å². The summed E-state index contributed by atoms with van der Waals surface area (Å²) in [6, 6.07) is 6.07. The molecule has 0 saturated carbocycles. The molecule has 22 heavy (non-hydrogen) atoms. The number of nitrogens with zero attached hydrogens (tertiary/aromatic N) is 2. The van der Waals surface area contributed by atoms with Crippen LogP contribution in [0.15, 0.2) is 22.7 Å². The minimum atomic E-state index is -0.00253. The van der Waals surface area contributed by atoms with E-state index in [9.17, 15) is 4.79 Å². The number of amides is 1. The molecule has 0 atom stereocenters. The monoisotopic (exact) mass is 382 g/mol. The lowest BCUT2D eigenvalue weighted by molar-refractivity contribution is 0.0983. The van der Waals surface area contributed by atoms with Gasteiger partial charge in [0.05, 0.1) is 0 Å². The van der Waals surface area contributed by atoms with Crippen LogP contribution in [0.5, 0.6) is 0 Å². The SMILES string of the molecule is Cl.O=C(c1n[nH]c2c1CNCC2)N1CCc2cc(Br)ccc21. The number of fused-ring (bicyclic) bond motifs is 2. The van der Waals surface area contributed by atoms with Crippen LogP contribution in [0.4, 0.5) is 5.69 Å². The Morgan fingerprint density at radius 2 is 2.18 bits per heavy atom. The lowest BCUT2D eigenvalue weighted by atomic mass is 10.1. The summed E-state index contributed by atoms with van der Waals surface area (Å²) < 4.78 is 1.05. The fourth-order valence-corrected chi connectivity index (χ4v) is 3.52. The van der Waals surface area contributed by atoms with Crippen molar-refractivity contribution in [3.8, 4) is 0 Å². The van der Waals surface area contributed by atoms with Crippen molar-refractivity contribution < 1.29 is 4.79 Å². The number of carbonyl (C=O) groups is 1. The second-order valence-electron chi connectivity index (χ2n) is 5.44. The Kier molecular flexibility index (Phi) is 4.25. The number of anilines is 1. The second kappa shape index (κ2) is 6.02. The highest BCUT2D eigenvalue weighted by atomic mass is 79.9. The van der Waals surface area contributed by atoms with Crippen LogP contribution in [-0.4, -0.2) is 29.2 Å². The highest BCUT2D eigenvalue weighted by molar-refractivity contribution is 9.10. The molecule has 0 aliphatic carbocycles. The normalized spacial score (nSPS) is 16.0. The average Bonchev–Trinajstić information content (AvgIpc) is 3.10. The van der Waals surface area contributed by atoms with Crippen molar-refractivity contribution in [1.82, 2.24) is 15.5 Å². The van der Waals surface area contributed by atoms with Crippen molar-refractivity contribution in [2.45, 2.75) is 19.4 Å². The molecule has 0 spiro atoms. The maximum atomic E-state index is 12.8. The van der Waals surface area contributed by atoms with Crippen LogP contribution < -0.4 is 10.2 Å². The maximum Gasteiger partial charge on any atom is 0.279 e. The molecule has 4 rings (SSSR count). The van der Waals surface area contributed by atoms with E-state index in [1.165, 1.54) is 5.56 Å². The van der Waals surface area contributed by atoms with Gasteiger partial charge < -0.3 is 10.2 Å². The average molecular weight is 384 g/mol. The number of H-pyrrole nitrogens is 1. The van der Waals surface area contributed by atoms with Crippen LogP contribution in [0.2, 0.25) is 0 Å². The van der Waals surface area contributed by atoms with Crippen molar-refractivity contribution in [2.24, 2.45) is 0 Å². The van der Waals surface area contributed by atoms with E-state index in [4.69, 9.17) is 0 Å². The lowest BCUT2D eigenvalue weighted by Gasteiger charge is -2.18. The molecule has 0 saturated heterocycles. The van der Waals surface area contributed by atoms with Gasteiger partial charge in [0, 0.05) is 47.5 Å². The molecule has 1 aromatic heterocycles. The highest BCUT2D eigenvalue weighted by Crippen LogP contribution is 2.32. The number of aromatic nitrogens is 2. The molecule has 0 radical (unpaired) electrons.